The average Bonchev–Trinajstić information content (AvgIpc) is 2.69. The molecule has 0 atom stereocenters. The first-order chi connectivity index (χ1) is 12.2. The van der Waals surface area contributed by atoms with Crippen molar-refractivity contribution < 1.29 is 9.53 Å². The number of piperazine rings is 1. The van der Waals surface area contributed by atoms with Gasteiger partial charge in [0.15, 0.2) is 0 Å². The molecule has 0 unspecified atom stereocenters. The van der Waals surface area contributed by atoms with E-state index < -0.39 is 0 Å². The Morgan fingerprint density at radius 1 is 1.00 bits per heavy atom. The summed E-state index contributed by atoms with van der Waals surface area (Å²) in [5, 5.41) is 6.67. The molecule has 1 saturated heterocycles. The van der Waals surface area contributed by atoms with Gasteiger partial charge in [0.05, 0.1) is 0 Å². The average molecular weight is 416 g/mol. The molecule has 4 aliphatic rings. The highest BCUT2D eigenvalue weighted by Crippen LogP contribution is 2.49. The summed E-state index contributed by atoms with van der Waals surface area (Å²) in [7, 11) is 0. The standard InChI is InChI=1S/C20H29N3O2.2ClH/c24-18(25-16-17-4-2-1-3-5-17)22-19-6-9-20(10-7-19,11-8-19)23-14-12-21-13-15-23;;/h1-5,21H,6-16H2,(H,22,24);2*1H. The van der Waals surface area contributed by atoms with Gasteiger partial charge in [0, 0.05) is 37.3 Å². The number of rotatable bonds is 4. The molecule has 7 heteroatoms. The molecular weight excluding hydrogens is 385 g/mol. The first-order valence-corrected chi connectivity index (χ1v) is 9.65. The van der Waals surface area contributed by atoms with Crippen molar-refractivity contribution in [3.8, 4) is 0 Å². The lowest BCUT2D eigenvalue weighted by molar-refractivity contribution is -0.0379. The van der Waals surface area contributed by atoms with E-state index >= 15 is 0 Å². The number of nitrogens with zero attached hydrogens (tertiary/aromatic N) is 1. The molecule has 5 nitrogen and oxygen atoms in total. The van der Waals surface area contributed by atoms with Crippen LogP contribution in [0, 0.1) is 0 Å². The van der Waals surface area contributed by atoms with E-state index in [0.29, 0.717) is 12.1 Å². The highest BCUT2D eigenvalue weighted by Gasteiger charge is 2.51. The Kier molecular flexibility index (Phi) is 7.81. The Bertz CT molecular complexity index is 584. The molecule has 0 spiro atoms. The number of halogens is 2. The summed E-state index contributed by atoms with van der Waals surface area (Å²) in [6.45, 7) is 4.89. The van der Waals surface area contributed by atoms with Gasteiger partial charge in [-0.25, -0.2) is 4.79 Å². The number of nitrogens with one attached hydrogen (secondary N) is 2. The third kappa shape index (κ3) is 4.89. The molecule has 2 bridgehead atoms. The number of hydrogen-bond donors (Lipinski definition) is 2. The number of fused-ring (bicyclic) bond motifs is 3. The molecule has 3 aliphatic carbocycles. The molecule has 0 radical (unpaired) electrons. The predicted octanol–water partition coefficient (Wildman–Crippen LogP) is 3.51. The second-order valence-electron chi connectivity index (χ2n) is 7.93. The van der Waals surface area contributed by atoms with Crippen molar-refractivity contribution >= 4 is 30.9 Å². The van der Waals surface area contributed by atoms with Crippen LogP contribution in [0.4, 0.5) is 4.79 Å². The van der Waals surface area contributed by atoms with Crippen LogP contribution in [0.15, 0.2) is 30.3 Å². The lowest BCUT2D eigenvalue weighted by Crippen LogP contribution is -2.65. The zero-order valence-electron chi connectivity index (χ0n) is 15.7. The van der Waals surface area contributed by atoms with Gasteiger partial charge in [0.1, 0.15) is 6.61 Å². The summed E-state index contributed by atoms with van der Waals surface area (Å²) in [4.78, 5) is 15.0. The number of benzene rings is 1. The molecule has 1 aromatic rings. The molecule has 5 rings (SSSR count). The second kappa shape index (κ2) is 9.46. The van der Waals surface area contributed by atoms with Crippen molar-refractivity contribution in [1.82, 2.24) is 15.5 Å². The van der Waals surface area contributed by atoms with Crippen LogP contribution in [0.25, 0.3) is 0 Å². The fraction of sp³-hybridized carbons (Fsp3) is 0.650. The van der Waals surface area contributed by atoms with Gasteiger partial charge in [-0.05, 0) is 44.1 Å². The third-order valence-electron chi connectivity index (χ3n) is 6.57. The third-order valence-corrected chi connectivity index (χ3v) is 6.57. The predicted molar refractivity (Wildman–Crippen MR) is 112 cm³/mol. The van der Waals surface area contributed by atoms with E-state index in [-0.39, 0.29) is 36.4 Å². The van der Waals surface area contributed by atoms with Crippen LogP contribution in [0.2, 0.25) is 0 Å². The van der Waals surface area contributed by atoms with Gasteiger partial charge in [-0.1, -0.05) is 30.3 Å². The van der Waals surface area contributed by atoms with Gasteiger partial charge < -0.3 is 15.4 Å². The monoisotopic (exact) mass is 415 g/mol. The van der Waals surface area contributed by atoms with Crippen molar-refractivity contribution in [2.24, 2.45) is 0 Å². The van der Waals surface area contributed by atoms with Gasteiger partial charge in [0.25, 0.3) is 0 Å². The topological polar surface area (TPSA) is 53.6 Å². The van der Waals surface area contributed by atoms with Gasteiger partial charge in [-0.3, -0.25) is 4.90 Å². The summed E-state index contributed by atoms with van der Waals surface area (Å²) in [6.07, 6.45) is 6.58. The number of ether oxygens (including phenoxy) is 1. The van der Waals surface area contributed by atoms with Crippen molar-refractivity contribution in [3.63, 3.8) is 0 Å². The number of carbonyl (C=O) groups excluding carboxylic acids is 1. The number of amides is 1. The zero-order valence-corrected chi connectivity index (χ0v) is 17.4. The van der Waals surface area contributed by atoms with Crippen LogP contribution in [-0.4, -0.2) is 48.3 Å². The summed E-state index contributed by atoms with van der Waals surface area (Å²) in [5.41, 5.74) is 1.38. The molecule has 1 aliphatic heterocycles. The minimum atomic E-state index is -0.263. The fourth-order valence-electron chi connectivity index (χ4n) is 4.94. The van der Waals surface area contributed by atoms with Gasteiger partial charge in [-0.15, -0.1) is 24.8 Å². The van der Waals surface area contributed by atoms with Gasteiger partial charge >= 0.3 is 6.09 Å². The van der Waals surface area contributed by atoms with Crippen LogP contribution in [0.1, 0.15) is 44.1 Å². The van der Waals surface area contributed by atoms with E-state index in [1.54, 1.807) is 0 Å². The van der Waals surface area contributed by atoms with E-state index in [0.717, 1.165) is 37.9 Å². The first kappa shape index (κ1) is 22.3. The van der Waals surface area contributed by atoms with E-state index in [9.17, 15) is 4.79 Å². The van der Waals surface area contributed by atoms with Crippen molar-refractivity contribution in [2.45, 2.75) is 56.2 Å². The molecule has 27 heavy (non-hydrogen) atoms. The zero-order chi connectivity index (χ0) is 17.2. The Hall–Kier alpha value is -1.01. The molecule has 1 aromatic carbocycles. The maximum atomic E-state index is 12.3. The van der Waals surface area contributed by atoms with Gasteiger partial charge in [-0.2, -0.15) is 0 Å². The Labute approximate surface area is 174 Å². The van der Waals surface area contributed by atoms with Crippen LogP contribution in [-0.2, 0) is 11.3 Å². The summed E-state index contributed by atoms with van der Waals surface area (Å²) in [5.74, 6) is 0. The Balaban J connectivity index is 0.00000131. The fourth-order valence-corrected chi connectivity index (χ4v) is 4.94. The van der Waals surface area contributed by atoms with Crippen LogP contribution >= 0.6 is 24.8 Å². The molecule has 4 fully saturated rings. The van der Waals surface area contributed by atoms with Crippen LogP contribution < -0.4 is 10.6 Å². The van der Waals surface area contributed by atoms with Gasteiger partial charge in [0.2, 0.25) is 0 Å². The lowest BCUT2D eigenvalue weighted by Gasteiger charge is -2.58. The van der Waals surface area contributed by atoms with Crippen molar-refractivity contribution in [3.05, 3.63) is 35.9 Å². The normalized spacial score (nSPS) is 29.9. The first-order valence-electron chi connectivity index (χ1n) is 9.65. The van der Waals surface area contributed by atoms with Crippen molar-refractivity contribution in [2.75, 3.05) is 26.2 Å². The van der Waals surface area contributed by atoms with E-state index in [2.05, 4.69) is 15.5 Å². The molecule has 152 valence electrons. The van der Waals surface area contributed by atoms with Crippen LogP contribution in [0.3, 0.4) is 0 Å². The summed E-state index contributed by atoms with van der Waals surface area (Å²) < 4.78 is 5.45. The Morgan fingerprint density at radius 3 is 2.19 bits per heavy atom. The molecule has 2 N–H and O–H groups in total. The number of carbonyl (C=O) groups is 1. The van der Waals surface area contributed by atoms with E-state index in [4.69, 9.17) is 4.74 Å². The highest BCUT2D eigenvalue weighted by atomic mass is 35.5. The molecule has 1 heterocycles. The molecule has 1 amide bonds. The minimum absolute atomic E-state index is 0. The van der Waals surface area contributed by atoms with E-state index in [1.165, 1.54) is 32.4 Å². The largest absolute Gasteiger partial charge is 0.445 e. The van der Waals surface area contributed by atoms with Crippen LogP contribution in [0.5, 0.6) is 0 Å². The molecule has 3 saturated carbocycles. The quantitative estimate of drug-likeness (QED) is 0.789. The minimum Gasteiger partial charge on any atom is -0.445 e. The molecular formula is C20H31Cl2N3O2. The highest BCUT2D eigenvalue weighted by molar-refractivity contribution is 5.85. The Morgan fingerprint density at radius 2 is 1.59 bits per heavy atom. The number of hydrogen-bond acceptors (Lipinski definition) is 4. The van der Waals surface area contributed by atoms with E-state index in [1.807, 2.05) is 30.3 Å². The number of alkyl carbamates (subject to hydrolysis) is 1. The SMILES string of the molecule is Cl.Cl.O=C(NC12CCC(N3CCNCC3)(CC1)CC2)OCc1ccccc1. The maximum Gasteiger partial charge on any atom is 0.407 e. The summed E-state index contributed by atoms with van der Waals surface area (Å²) >= 11 is 0. The summed E-state index contributed by atoms with van der Waals surface area (Å²) in [6, 6.07) is 9.86. The lowest BCUT2D eigenvalue weighted by atomic mass is 9.60. The smallest absolute Gasteiger partial charge is 0.407 e. The van der Waals surface area contributed by atoms with Crippen molar-refractivity contribution in [1.29, 1.82) is 0 Å². The second-order valence-corrected chi connectivity index (χ2v) is 7.93. The molecule has 0 aromatic heterocycles. The maximum absolute atomic E-state index is 12.3.